The Morgan fingerprint density at radius 1 is 1.60 bits per heavy atom. The number of hydrogen-bond donors (Lipinski definition) is 2. The molecule has 2 aromatic heterocycles. The van der Waals surface area contributed by atoms with Crippen molar-refractivity contribution in [2.45, 2.75) is 31.8 Å². The van der Waals surface area contributed by atoms with Crippen LogP contribution in [0.3, 0.4) is 0 Å². The Morgan fingerprint density at radius 2 is 2.55 bits per heavy atom. The Bertz CT molecular complexity index is 561. The number of hydrogen-bond acceptors (Lipinski definition) is 6. The van der Waals surface area contributed by atoms with Gasteiger partial charge in [-0.15, -0.1) is 11.3 Å². The first-order valence-electron chi connectivity index (χ1n) is 6.66. The van der Waals surface area contributed by atoms with Gasteiger partial charge in [-0.25, -0.2) is 0 Å². The van der Waals surface area contributed by atoms with Gasteiger partial charge in [-0.2, -0.15) is 4.98 Å². The molecular formula is C13H16N4O2S. The molecule has 1 aliphatic heterocycles. The van der Waals surface area contributed by atoms with Gasteiger partial charge in [0.2, 0.25) is 11.8 Å². The van der Waals surface area contributed by atoms with Crippen molar-refractivity contribution in [3.8, 4) is 0 Å². The van der Waals surface area contributed by atoms with Crippen LogP contribution in [0.5, 0.6) is 0 Å². The molecule has 1 atom stereocenters. The van der Waals surface area contributed by atoms with E-state index in [1.807, 2.05) is 17.5 Å². The fourth-order valence-corrected chi connectivity index (χ4v) is 2.90. The highest BCUT2D eigenvalue weighted by molar-refractivity contribution is 7.09. The topological polar surface area (TPSA) is 80.1 Å². The van der Waals surface area contributed by atoms with Crippen LogP contribution in [0, 0.1) is 0 Å². The lowest BCUT2D eigenvalue weighted by molar-refractivity contribution is -0.123. The van der Waals surface area contributed by atoms with E-state index in [1.54, 1.807) is 11.3 Å². The Hall–Kier alpha value is -1.73. The first kappa shape index (κ1) is 13.3. The molecule has 0 saturated carbocycles. The largest absolute Gasteiger partial charge is 0.346 e. The molecule has 106 valence electrons. The van der Waals surface area contributed by atoms with Gasteiger partial charge in [-0.05, 0) is 30.8 Å². The van der Waals surface area contributed by atoms with Crippen molar-refractivity contribution in [2.75, 3.05) is 6.54 Å². The first-order valence-corrected chi connectivity index (χ1v) is 7.54. The molecule has 7 heteroatoms. The molecule has 0 spiro atoms. The Balaban J connectivity index is 1.50. The van der Waals surface area contributed by atoms with Gasteiger partial charge in [0, 0.05) is 11.3 Å². The normalized spacial score (nSPS) is 18.3. The maximum atomic E-state index is 11.8. The minimum atomic E-state index is -0.0801. The molecule has 2 N–H and O–H groups in total. The van der Waals surface area contributed by atoms with Gasteiger partial charge in [0.05, 0.1) is 12.6 Å². The second-order valence-electron chi connectivity index (χ2n) is 4.73. The predicted octanol–water partition coefficient (Wildman–Crippen LogP) is 1.09. The van der Waals surface area contributed by atoms with E-state index in [4.69, 9.17) is 4.52 Å². The van der Waals surface area contributed by atoms with Crippen LogP contribution in [0.4, 0.5) is 0 Å². The maximum Gasteiger partial charge on any atom is 0.246 e. The Kier molecular flexibility index (Phi) is 4.08. The molecule has 1 unspecified atom stereocenters. The standard InChI is InChI=1S/C13H16N4O2S/c18-13(10-4-1-5-14-10)15-8-12-16-11(17-19-12)7-9-3-2-6-20-9/h2-3,6,10,14H,1,4-5,7-8H2,(H,15,18). The van der Waals surface area contributed by atoms with Gasteiger partial charge in [-0.1, -0.05) is 11.2 Å². The van der Waals surface area contributed by atoms with E-state index in [0.717, 1.165) is 19.4 Å². The average Bonchev–Trinajstić information content (AvgIpc) is 3.19. The van der Waals surface area contributed by atoms with Crippen molar-refractivity contribution in [1.82, 2.24) is 20.8 Å². The highest BCUT2D eigenvalue weighted by Crippen LogP contribution is 2.12. The number of thiophene rings is 1. The third-order valence-electron chi connectivity index (χ3n) is 3.21. The molecule has 20 heavy (non-hydrogen) atoms. The maximum absolute atomic E-state index is 11.8. The molecule has 1 fully saturated rings. The van der Waals surface area contributed by atoms with E-state index < -0.39 is 0 Å². The minimum absolute atomic E-state index is 0.000469. The molecule has 3 rings (SSSR count). The molecule has 2 aromatic rings. The summed E-state index contributed by atoms with van der Waals surface area (Å²) in [6, 6.07) is 3.95. The molecule has 1 amide bonds. The van der Waals surface area contributed by atoms with Crippen LogP contribution in [0.25, 0.3) is 0 Å². The summed E-state index contributed by atoms with van der Waals surface area (Å²) in [5.41, 5.74) is 0. The highest BCUT2D eigenvalue weighted by Gasteiger charge is 2.22. The lowest BCUT2D eigenvalue weighted by Gasteiger charge is -2.08. The van der Waals surface area contributed by atoms with Gasteiger partial charge in [-0.3, -0.25) is 4.79 Å². The van der Waals surface area contributed by atoms with E-state index in [-0.39, 0.29) is 18.5 Å². The van der Waals surface area contributed by atoms with E-state index in [2.05, 4.69) is 20.8 Å². The first-order chi connectivity index (χ1) is 9.81. The average molecular weight is 292 g/mol. The summed E-state index contributed by atoms with van der Waals surface area (Å²) in [6.45, 7) is 1.19. The predicted molar refractivity (Wildman–Crippen MR) is 74.3 cm³/mol. The quantitative estimate of drug-likeness (QED) is 0.862. The molecule has 6 nitrogen and oxygen atoms in total. The summed E-state index contributed by atoms with van der Waals surface area (Å²) in [6.07, 6.45) is 2.60. The van der Waals surface area contributed by atoms with Crippen LogP contribution < -0.4 is 10.6 Å². The van der Waals surface area contributed by atoms with Crippen molar-refractivity contribution in [3.05, 3.63) is 34.1 Å². The zero-order valence-electron chi connectivity index (χ0n) is 11.0. The number of amides is 1. The smallest absolute Gasteiger partial charge is 0.246 e. The van der Waals surface area contributed by atoms with Gasteiger partial charge in [0.25, 0.3) is 0 Å². The molecule has 1 aliphatic rings. The Morgan fingerprint density at radius 3 is 3.30 bits per heavy atom. The zero-order chi connectivity index (χ0) is 13.8. The van der Waals surface area contributed by atoms with Crippen LogP contribution in [0.15, 0.2) is 22.0 Å². The summed E-state index contributed by atoms with van der Waals surface area (Å²) >= 11 is 1.66. The van der Waals surface area contributed by atoms with Crippen molar-refractivity contribution in [3.63, 3.8) is 0 Å². The Labute approximate surface area is 120 Å². The summed E-state index contributed by atoms with van der Waals surface area (Å²) in [5, 5.41) is 11.9. The number of carbonyl (C=O) groups is 1. The van der Waals surface area contributed by atoms with Crippen molar-refractivity contribution >= 4 is 17.2 Å². The zero-order valence-corrected chi connectivity index (χ0v) is 11.8. The minimum Gasteiger partial charge on any atom is -0.346 e. The molecule has 3 heterocycles. The lowest BCUT2D eigenvalue weighted by Crippen LogP contribution is -2.40. The monoisotopic (exact) mass is 292 g/mol. The number of nitrogens with zero attached hydrogens (tertiary/aromatic N) is 2. The number of rotatable bonds is 5. The molecule has 0 aromatic carbocycles. The van der Waals surface area contributed by atoms with E-state index in [9.17, 15) is 4.79 Å². The third kappa shape index (κ3) is 3.23. The fourth-order valence-electron chi connectivity index (χ4n) is 2.20. The van der Waals surface area contributed by atoms with Crippen molar-refractivity contribution in [2.24, 2.45) is 0 Å². The third-order valence-corrected chi connectivity index (χ3v) is 4.09. The fraction of sp³-hybridized carbons (Fsp3) is 0.462. The van der Waals surface area contributed by atoms with Gasteiger partial charge < -0.3 is 15.2 Å². The molecule has 0 aliphatic carbocycles. The van der Waals surface area contributed by atoms with Crippen LogP contribution in [-0.4, -0.2) is 28.6 Å². The SMILES string of the molecule is O=C(NCc1nc(Cc2cccs2)no1)C1CCCN1. The van der Waals surface area contributed by atoms with Gasteiger partial charge in [0.15, 0.2) is 5.82 Å². The van der Waals surface area contributed by atoms with Crippen LogP contribution in [-0.2, 0) is 17.8 Å². The summed E-state index contributed by atoms with van der Waals surface area (Å²) < 4.78 is 5.13. The number of nitrogens with one attached hydrogen (secondary N) is 2. The van der Waals surface area contributed by atoms with Crippen LogP contribution in [0.1, 0.15) is 29.4 Å². The summed E-state index contributed by atoms with van der Waals surface area (Å²) in [5.74, 6) is 1.10. The second kappa shape index (κ2) is 6.15. The second-order valence-corrected chi connectivity index (χ2v) is 5.76. The van der Waals surface area contributed by atoms with Gasteiger partial charge >= 0.3 is 0 Å². The molecule has 0 bridgehead atoms. The molecular weight excluding hydrogens is 276 g/mol. The van der Waals surface area contributed by atoms with E-state index in [0.29, 0.717) is 18.1 Å². The number of carbonyl (C=O) groups excluding carboxylic acids is 1. The molecule has 0 radical (unpaired) electrons. The van der Waals surface area contributed by atoms with Gasteiger partial charge in [0.1, 0.15) is 0 Å². The van der Waals surface area contributed by atoms with Crippen LogP contribution >= 0.6 is 11.3 Å². The van der Waals surface area contributed by atoms with Crippen molar-refractivity contribution < 1.29 is 9.32 Å². The van der Waals surface area contributed by atoms with Crippen molar-refractivity contribution in [1.29, 1.82) is 0 Å². The van der Waals surface area contributed by atoms with Crippen LogP contribution in [0.2, 0.25) is 0 Å². The molecule has 1 saturated heterocycles. The number of aromatic nitrogens is 2. The summed E-state index contributed by atoms with van der Waals surface area (Å²) in [7, 11) is 0. The van der Waals surface area contributed by atoms with E-state index >= 15 is 0 Å². The lowest BCUT2D eigenvalue weighted by atomic mass is 10.2. The van der Waals surface area contributed by atoms with E-state index in [1.165, 1.54) is 4.88 Å². The summed E-state index contributed by atoms with van der Waals surface area (Å²) in [4.78, 5) is 17.3. The highest BCUT2D eigenvalue weighted by atomic mass is 32.1.